The van der Waals surface area contributed by atoms with Gasteiger partial charge in [-0.1, -0.05) is 44.2 Å². The largest absolute Gasteiger partial charge is 0.481 e. The van der Waals surface area contributed by atoms with Crippen LogP contribution in [0.5, 0.6) is 0 Å². The lowest BCUT2D eigenvalue weighted by Gasteiger charge is -2.39. The number of carboxylic acid groups (broad SMARTS) is 1. The highest BCUT2D eigenvalue weighted by Gasteiger charge is 2.55. The molecule has 1 heterocycles. The van der Waals surface area contributed by atoms with Crippen molar-refractivity contribution in [2.24, 2.45) is 11.3 Å². The highest BCUT2D eigenvalue weighted by Crippen LogP contribution is 2.55. The van der Waals surface area contributed by atoms with Crippen LogP contribution in [0.4, 0.5) is 0 Å². The van der Waals surface area contributed by atoms with Crippen LogP contribution in [0.25, 0.3) is 0 Å². The van der Waals surface area contributed by atoms with Gasteiger partial charge in [-0.25, -0.2) is 0 Å². The first-order valence-corrected chi connectivity index (χ1v) is 8.51. The number of piperidine rings is 1. The zero-order valence-electron chi connectivity index (χ0n) is 13.9. The maximum absolute atomic E-state index is 12.6. The number of hydrogen-bond donors (Lipinski definition) is 1. The zero-order valence-corrected chi connectivity index (χ0v) is 13.9. The topological polar surface area (TPSA) is 57.6 Å². The number of nitrogens with zero attached hydrogens (tertiary/aromatic N) is 1. The van der Waals surface area contributed by atoms with Crippen LogP contribution in [0, 0.1) is 11.3 Å². The van der Waals surface area contributed by atoms with Crippen LogP contribution in [-0.2, 0) is 15.0 Å². The number of aliphatic carboxylic acids is 1. The van der Waals surface area contributed by atoms with Crippen molar-refractivity contribution in [1.29, 1.82) is 0 Å². The quantitative estimate of drug-likeness (QED) is 0.929. The Labute approximate surface area is 137 Å². The van der Waals surface area contributed by atoms with Gasteiger partial charge in [0.15, 0.2) is 0 Å². The Balaban J connectivity index is 1.72. The average Bonchev–Trinajstić information content (AvgIpc) is 3.27. The van der Waals surface area contributed by atoms with Crippen molar-refractivity contribution in [1.82, 2.24) is 4.90 Å². The Kier molecular flexibility index (Phi) is 3.95. The second kappa shape index (κ2) is 5.66. The van der Waals surface area contributed by atoms with Gasteiger partial charge in [-0.15, -0.1) is 0 Å². The summed E-state index contributed by atoms with van der Waals surface area (Å²) < 4.78 is 0. The Hall–Kier alpha value is -1.84. The van der Waals surface area contributed by atoms with E-state index in [1.165, 1.54) is 0 Å². The Bertz CT molecular complexity index is 604. The molecule has 1 aliphatic heterocycles. The summed E-state index contributed by atoms with van der Waals surface area (Å²) in [5.74, 6) is -0.413. The molecule has 1 aliphatic carbocycles. The maximum Gasteiger partial charge on any atom is 0.314 e. The van der Waals surface area contributed by atoms with Gasteiger partial charge >= 0.3 is 5.97 Å². The third-order valence-corrected chi connectivity index (χ3v) is 6.12. The number of carbonyl (C=O) groups excluding carboxylic acids is 1. The van der Waals surface area contributed by atoms with Crippen LogP contribution < -0.4 is 0 Å². The smallest absolute Gasteiger partial charge is 0.314 e. The fourth-order valence-electron chi connectivity index (χ4n) is 3.90. The molecule has 2 unspecified atom stereocenters. The molecule has 3 rings (SSSR count). The van der Waals surface area contributed by atoms with Crippen molar-refractivity contribution in [3.8, 4) is 0 Å². The molecule has 0 spiro atoms. The molecule has 1 N–H and O–H groups in total. The van der Waals surface area contributed by atoms with E-state index in [1.54, 1.807) is 0 Å². The minimum Gasteiger partial charge on any atom is -0.481 e. The molecule has 1 aromatic rings. The number of carboxylic acids is 1. The normalized spacial score (nSPS) is 29.1. The molecule has 2 atom stereocenters. The minimum atomic E-state index is -0.852. The molecule has 1 aromatic carbocycles. The van der Waals surface area contributed by atoms with E-state index in [0.29, 0.717) is 25.9 Å². The summed E-state index contributed by atoms with van der Waals surface area (Å²) in [6.07, 6.45) is 2.99. The lowest BCUT2D eigenvalue weighted by Crippen LogP contribution is -2.49. The van der Waals surface area contributed by atoms with Gasteiger partial charge in [-0.05, 0) is 36.7 Å². The summed E-state index contributed by atoms with van der Waals surface area (Å²) >= 11 is 0. The third kappa shape index (κ3) is 2.64. The van der Waals surface area contributed by atoms with E-state index in [9.17, 15) is 14.7 Å². The van der Waals surface area contributed by atoms with Gasteiger partial charge in [0, 0.05) is 19.0 Å². The molecule has 1 saturated carbocycles. The van der Waals surface area contributed by atoms with Crippen molar-refractivity contribution in [2.75, 3.05) is 13.1 Å². The molecule has 124 valence electrons. The first kappa shape index (κ1) is 16.0. The molecular weight excluding hydrogens is 290 g/mol. The standard InChI is InChI=1S/C19H25NO3/c1-3-18(2)13-15(18)16(21)20-11-9-19(10-12-20,17(22)23)14-7-5-4-6-8-14/h4-8,15H,3,9-13H2,1-2H3,(H,22,23). The molecule has 0 aromatic heterocycles. The molecule has 1 saturated heterocycles. The van der Waals surface area contributed by atoms with E-state index in [-0.39, 0.29) is 17.2 Å². The van der Waals surface area contributed by atoms with Crippen molar-refractivity contribution < 1.29 is 14.7 Å². The van der Waals surface area contributed by atoms with Gasteiger partial charge in [-0.3, -0.25) is 9.59 Å². The van der Waals surface area contributed by atoms with E-state index in [2.05, 4.69) is 13.8 Å². The van der Waals surface area contributed by atoms with Crippen molar-refractivity contribution in [2.45, 2.75) is 44.9 Å². The van der Waals surface area contributed by atoms with Gasteiger partial charge < -0.3 is 10.0 Å². The molecule has 23 heavy (non-hydrogen) atoms. The zero-order chi connectivity index (χ0) is 16.7. The summed E-state index contributed by atoms with van der Waals surface area (Å²) in [4.78, 5) is 26.5. The lowest BCUT2D eigenvalue weighted by molar-refractivity contribution is -0.148. The number of likely N-dealkylation sites (tertiary alicyclic amines) is 1. The van der Waals surface area contributed by atoms with E-state index in [1.807, 2.05) is 35.2 Å². The molecule has 0 bridgehead atoms. The van der Waals surface area contributed by atoms with E-state index >= 15 is 0 Å². The molecular formula is C19H25NO3. The molecule has 2 fully saturated rings. The third-order valence-electron chi connectivity index (χ3n) is 6.12. The van der Waals surface area contributed by atoms with Crippen LogP contribution >= 0.6 is 0 Å². The van der Waals surface area contributed by atoms with Crippen molar-refractivity contribution in [3.63, 3.8) is 0 Å². The first-order chi connectivity index (χ1) is 10.9. The van der Waals surface area contributed by atoms with Crippen molar-refractivity contribution in [3.05, 3.63) is 35.9 Å². The van der Waals surface area contributed by atoms with Crippen LogP contribution in [-0.4, -0.2) is 35.0 Å². The predicted molar refractivity (Wildman–Crippen MR) is 88.1 cm³/mol. The summed E-state index contributed by atoms with van der Waals surface area (Å²) in [5.41, 5.74) is 0.164. The number of amides is 1. The van der Waals surface area contributed by atoms with Gasteiger partial charge in [0.05, 0.1) is 5.41 Å². The van der Waals surface area contributed by atoms with Crippen LogP contribution in [0.3, 0.4) is 0 Å². The van der Waals surface area contributed by atoms with E-state index < -0.39 is 11.4 Å². The number of hydrogen-bond acceptors (Lipinski definition) is 2. The molecule has 1 amide bonds. The SMILES string of the molecule is CCC1(C)CC1C(=O)N1CCC(C(=O)O)(c2ccccc2)CC1. The second-order valence-electron chi connectivity index (χ2n) is 7.34. The fraction of sp³-hybridized carbons (Fsp3) is 0.579. The highest BCUT2D eigenvalue weighted by atomic mass is 16.4. The number of carbonyl (C=O) groups is 2. The van der Waals surface area contributed by atoms with Crippen LogP contribution in [0.2, 0.25) is 0 Å². The lowest BCUT2D eigenvalue weighted by atomic mass is 9.72. The molecule has 0 radical (unpaired) electrons. The van der Waals surface area contributed by atoms with Gasteiger partial charge in [0.2, 0.25) is 5.91 Å². The highest BCUT2D eigenvalue weighted by molar-refractivity contribution is 5.85. The van der Waals surface area contributed by atoms with Gasteiger partial charge in [0.1, 0.15) is 0 Å². The van der Waals surface area contributed by atoms with Crippen LogP contribution in [0.15, 0.2) is 30.3 Å². The Morgan fingerprint density at radius 1 is 1.22 bits per heavy atom. The molecule has 4 nitrogen and oxygen atoms in total. The summed E-state index contributed by atoms with van der Waals surface area (Å²) in [6.45, 7) is 5.38. The van der Waals surface area contributed by atoms with E-state index in [4.69, 9.17) is 0 Å². The number of rotatable bonds is 4. The fourth-order valence-corrected chi connectivity index (χ4v) is 3.90. The predicted octanol–water partition coefficient (Wildman–Crippen LogP) is 3.07. The maximum atomic E-state index is 12.6. The monoisotopic (exact) mass is 315 g/mol. The minimum absolute atomic E-state index is 0.140. The van der Waals surface area contributed by atoms with Crippen molar-refractivity contribution >= 4 is 11.9 Å². The van der Waals surface area contributed by atoms with Gasteiger partial charge in [-0.2, -0.15) is 0 Å². The summed E-state index contributed by atoms with van der Waals surface area (Å²) in [5, 5.41) is 9.81. The summed E-state index contributed by atoms with van der Waals surface area (Å²) in [7, 11) is 0. The van der Waals surface area contributed by atoms with Crippen LogP contribution in [0.1, 0.15) is 45.1 Å². The molecule has 2 aliphatic rings. The second-order valence-corrected chi connectivity index (χ2v) is 7.34. The Morgan fingerprint density at radius 3 is 2.30 bits per heavy atom. The van der Waals surface area contributed by atoms with Gasteiger partial charge in [0.25, 0.3) is 0 Å². The summed E-state index contributed by atoms with van der Waals surface area (Å²) in [6, 6.07) is 9.44. The Morgan fingerprint density at radius 2 is 1.83 bits per heavy atom. The average molecular weight is 315 g/mol. The first-order valence-electron chi connectivity index (χ1n) is 8.51. The number of benzene rings is 1. The van der Waals surface area contributed by atoms with E-state index in [0.717, 1.165) is 18.4 Å². The molecule has 4 heteroatoms.